The third-order valence-electron chi connectivity index (χ3n) is 5.52. The van der Waals surface area contributed by atoms with Gasteiger partial charge in [0.25, 0.3) is 5.69 Å². The Morgan fingerprint density at radius 1 is 0.972 bits per heavy atom. The molecule has 5 rings (SSSR count). The van der Waals surface area contributed by atoms with Crippen molar-refractivity contribution in [2.75, 3.05) is 17.1 Å². The lowest BCUT2D eigenvalue weighted by atomic mass is 10.1. The zero-order valence-electron chi connectivity index (χ0n) is 18.8. The highest BCUT2D eigenvalue weighted by Crippen LogP contribution is 2.48. The number of nitrogens with zero attached hydrogens (tertiary/aromatic N) is 5. The molecule has 1 unspecified atom stereocenters. The minimum Gasteiger partial charge on any atom is -0.464 e. The number of esters is 1. The largest absolute Gasteiger partial charge is 0.464 e. The van der Waals surface area contributed by atoms with Crippen LogP contribution in [0, 0.1) is 10.1 Å². The number of carbonyl (C=O) groups excluding carboxylic acids is 1. The number of thioether (sulfide) groups is 1. The lowest BCUT2D eigenvalue weighted by Gasteiger charge is -2.43. The van der Waals surface area contributed by atoms with Gasteiger partial charge in [0, 0.05) is 22.2 Å². The maximum absolute atomic E-state index is 12.5. The molecule has 3 aromatic carbocycles. The average Bonchev–Trinajstić information content (AvgIpc) is 3.29. The van der Waals surface area contributed by atoms with E-state index in [1.165, 1.54) is 31.0 Å². The summed E-state index contributed by atoms with van der Waals surface area (Å²) >= 11 is 4.64. The second-order valence-electron chi connectivity index (χ2n) is 7.72. The number of para-hydroxylation sites is 1. The highest BCUT2D eigenvalue weighted by atomic mass is 79.9. The van der Waals surface area contributed by atoms with Crippen LogP contribution >= 0.6 is 27.7 Å². The molecule has 0 bridgehead atoms. The molecule has 36 heavy (non-hydrogen) atoms. The molecule has 2 aliphatic heterocycles. The first-order valence-corrected chi connectivity index (χ1v) is 12.3. The van der Waals surface area contributed by atoms with Gasteiger partial charge >= 0.3 is 5.97 Å². The number of anilines is 2. The normalized spacial score (nSPS) is 18.7. The molecule has 0 amide bonds. The second-order valence-corrected chi connectivity index (χ2v) is 9.82. The Morgan fingerprint density at radius 3 is 2.25 bits per heavy atom. The van der Waals surface area contributed by atoms with E-state index in [-0.39, 0.29) is 10.7 Å². The number of non-ortho nitro benzene ring substituents is 1. The molecular formula is C25H18BrN5O4S. The van der Waals surface area contributed by atoms with Crippen LogP contribution in [-0.4, -0.2) is 33.8 Å². The van der Waals surface area contributed by atoms with Crippen LogP contribution in [-0.2, 0) is 9.53 Å². The summed E-state index contributed by atoms with van der Waals surface area (Å²) in [5.74, 6) is -0.590. The first-order chi connectivity index (χ1) is 17.4. The van der Waals surface area contributed by atoms with Crippen LogP contribution in [0.4, 0.5) is 17.1 Å². The van der Waals surface area contributed by atoms with Gasteiger partial charge in [0.2, 0.25) is 10.0 Å². The highest BCUT2D eigenvalue weighted by Gasteiger charge is 2.51. The Kier molecular flexibility index (Phi) is 6.33. The lowest BCUT2D eigenvalue weighted by molar-refractivity contribution is -0.384. The van der Waals surface area contributed by atoms with Crippen LogP contribution in [0.1, 0.15) is 5.56 Å². The molecule has 0 fully saturated rings. The topological polar surface area (TPSA) is 101 Å². The van der Waals surface area contributed by atoms with Gasteiger partial charge in [-0.2, -0.15) is 10.2 Å². The zero-order chi connectivity index (χ0) is 25.3. The molecule has 0 saturated carbocycles. The second kappa shape index (κ2) is 9.59. The number of rotatable bonds is 5. The van der Waals surface area contributed by atoms with Gasteiger partial charge in [-0.1, -0.05) is 46.3 Å². The van der Waals surface area contributed by atoms with Crippen molar-refractivity contribution in [3.8, 4) is 0 Å². The molecule has 0 N–H and O–H groups in total. The van der Waals surface area contributed by atoms with E-state index in [0.29, 0.717) is 11.4 Å². The van der Waals surface area contributed by atoms with Crippen LogP contribution in [0.5, 0.6) is 0 Å². The Hall–Kier alpha value is -3.96. The fourth-order valence-corrected chi connectivity index (χ4v) is 5.23. The fraction of sp³-hybridized carbons (Fsp3) is 0.0800. The predicted molar refractivity (Wildman–Crippen MR) is 144 cm³/mol. The number of allylic oxidation sites excluding steroid dienone is 1. The molecule has 1 spiro atoms. The van der Waals surface area contributed by atoms with Crippen molar-refractivity contribution in [1.29, 1.82) is 0 Å². The van der Waals surface area contributed by atoms with Crippen LogP contribution in [0.25, 0.3) is 0 Å². The van der Waals surface area contributed by atoms with E-state index in [1.54, 1.807) is 22.2 Å². The third kappa shape index (κ3) is 4.27. The van der Waals surface area contributed by atoms with Gasteiger partial charge in [-0.25, -0.2) is 14.8 Å². The average molecular weight is 564 g/mol. The van der Waals surface area contributed by atoms with Crippen LogP contribution in [0.15, 0.2) is 106 Å². The number of nitro benzene ring substituents is 1. The van der Waals surface area contributed by atoms with Crippen LogP contribution < -0.4 is 10.0 Å². The quantitative estimate of drug-likeness (QED) is 0.228. The van der Waals surface area contributed by atoms with E-state index >= 15 is 0 Å². The summed E-state index contributed by atoms with van der Waals surface area (Å²) in [6.45, 7) is 0. The molecule has 0 saturated heterocycles. The van der Waals surface area contributed by atoms with Gasteiger partial charge in [-0.3, -0.25) is 10.1 Å². The van der Waals surface area contributed by atoms with Gasteiger partial charge in [-0.15, -0.1) is 0 Å². The van der Waals surface area contributed by atoms with Crippen molar-refractivity contribution < 1.29 is 14.5 Å². The molecular weight excluding hydrogens is 546 g/mol. The van der Waals surface area contributed by atoms with Crippen molar-refractivity contribution in [3.63, 3.8) is 0 Å². The summed E-state index contributed by atoms with van der Waals surface area (Å²) in [5, 5.41) is 24.3. The zero-order valence-corrected chi connectivity index (χ0v) is 21.2. The number of nitro groups is 1. The summed E-state index contributed by atoms with van der Waals surface area (Å²) in [6, 6.07) is 23.3. The van der Waals surface area contributed by atoms with Gasteiger partial charge in [0.1, 0.15) is 0 Å². The van der Waals surface area contributed by atoms with Gasteiger partial charge in [0.15, 0.2) is 0 Å². The maximum atomic E-state index is 12.5. The summed E-state index contributed by atoms with van der Waals surface area (Å²) in [7, 11) is 1.29. The van der Waals surface area contributed by atoms with E-state index in [4.69, 9.17) is 9.84 Å². The summed E-state index contributed by atoms with van der Waals surface area (Å²) in [6.07, 6.45) is 3.79. The molecule has 3 aromatic rings. The molecule has 180 valence electrons. The Balaban J connectivity index is 1.66. The van der Waals surface area contributed by atoms with Crippen molar-refractivity contribution in [2.24, 2.45) is 10.2 Å². The van der Waals surface area contributed by atoms with E-state index in [9.17, 15) is 14.9 Å². The van der Waals surface area contributed by atoms with Gasteiger partial charge < -0.3 is 4.74 Å². The fourth-order valence-electron chi connectivity index (χ4n) is 3.79. The van der Waals surface area contributed by atoms with Crippen LogP contribution in [0.3, 0.4) is 0 Å². The number of benzene rings is 3. The standard InChI is InChI=1S/C25H18BrN5O4S/c1-35-24(32)23-28-30(20-11-13-21(14-12-20)31(33)34)25(36-23)16-15-22(17-7-9-18(26)10-8-17)27-29(25)19-5-3-2-4-6-19/h2-16H,1H3. The number of hydrogen-bond acceptors (Lipinski definition) is 9. The minimum atomic E-state index is -1.11. The smallest absolute Gasteiger partial charge is 0.365 e. The molecule has 9 nitrogen and oxygen atoms in total. The number of hydrazone groups is 2. The number of carbonyl (C=O) groups is 1. The van der Waals surface area contributed by atoms with Crippen LogP contribution in [0.2, 0.25) is 0 Å². The number of hydrogen-bond donors (Lipinski definition) is 0. The highest BCUT2D eigenvalue weighted by molar-refractivity contribution is 9.10. The van der Waals surface area contributed by atoms with Crippen molar-refractivity contribution in [1.82, 2.24) is 0 Å². The number of halogens is 1. The number of ether oxygens (including phenoxy) is 1. The summed E-state index contributed by atoms with van der Waals surface area (Å²) < 4.78 is 5.91. The van der Waals surface area contributed by atoms with Gasteiger partial charge in [0.05, 0.1) is 29.1 Å². The molecule has 1 atom stereocenters. The van der Waals surface area contributed by atoms with Gasteiger partial charge in [-0.05, 0) is 60.3 Å². The van der Waals surface area contributed by atoms with E-state index in [0.717, 1.165) is 15.7 Å². The predicted octanol–water partition coefficient (Wildman–Crippen LogP) is 5.53. The SMILES string of the molecule is COC(=O)C1=NN(c2ccc([N+](=O)[O-])cc2)C2(C=CC(c3ccc(Br)cc3)=NN2c2ccccc2)S1. The monoisotopic (exact) mass is 563 g/mol. The first kappa shape index (κ1) is 23.8. The van der Waals surface area contributed by atoms with E-state index in [1.807, 2.05) is 66.7 Å². The third-order valence-corrected chi connectivity index (χ3v) is 7.27. The molecule has 11 heteroatoms. The molecule has 2 heterocycles. The summed E-state index contributed by atoms with van der Waals surface area (Å²) in [5.41, 5.74) is 2.88. The number of methoxy groups -OCH3 is 1. The molecule has 0 aromatic heterocycles. The Labute approximate surface area is 219 Å². The first-order valence-electron chi connectivity index (χ1n) is 10.7. The molecule has 0 radical (unpaired) electrons. The van der Waals surface area contributed by atoms with E-state index < -0.39 is 15.9 Å². The van der Waals surface area contributed by atoms with E-state index in [2.05, 4.69) is 21.0 Å². The summed E-state index contributed by atoms with van der Waals surface area (Å²) in [4.78, 5) is 22.2. The van der Waals surface area contributed by atoms with Crippen molar-refractivity contribution in [3.05, 3.63) is 111 Å². The Morgan fingerprint density at radius 2 is 1.61 bits per heavy atom. The minimum absolute atomic E-state index is 0.0496. The maximum Gasteiger partial charge on any atom is 0.365 e. The molecule has 0 aliphatic carbocycles. The van der Waals surface area contributed by atoms with Crippen molar-refractivity contribution in [2.45, 2.75) is 4.99 Å². The molecule has 2 aliphatic rings. The lowest BCUT2D eigenvalue weighted by Crippen LogP contribution is -2.53. The van der Waals surface area contributed by atoms with Crippen molar-refractivity contribution >= 4 is 61.5 Å². The Bertz CT molecular complexity index is 1410.